The zero-order valence-corrected chi connectivity index (χ0v) is 10.2. The normalized spacial score (nSPS) is 10.6. The van der Waals surface area contributed by atoms with Crippen LogP contribution in [0.1, 0.15) is 11.4 Å². The van der Waals surface area contributed by atoms with E-state index >= 15 is 0 Å². The molecule has 0 amide bonds. The number of aryl methyl sites for hydroxylation is 2. The molecule has 2 rings (SSSR count). The van der Waals surface area contributed by atoms with Gasteiger partial charge in [0.2, 0.25) is 0 Å². The highest BCUT2D eigenvalue weighted by Gasteiger charge is 2.03. The number of aromatic hydroxyl groups is 1. The van der Waals surface area contributed by atoms with Crippen LogP contribution in [0.2, 0.25) is 0 Å². The monoisotopic (exact) mass is 234 g/mol. The topological polar surface area (TPSA) is 38.0 Å². The second kappa shape index (κ2) is 4.61. The lowest BCUT2D eigenvalue weighted by Gasteiger charge is -2.02. The molecular weight excluding hydrogens is 220 g/mol. The lowest BCUT2D eigenvalue weighted by atomic mass is 10.3. The third kappa shape index (κ3) is 2.58. The Kier molecular flexibility index (Phi) is 3.19. The Bertz CT molecular complexity index is 494. The van der Waals surface area contributed by atoms with E-state index in [4.69, 9.17) is 0 Å². The molecule has 0 spiro atoms. The molecular formula is C12H14N2OS. The van der Waals surface area contributed by atoms with E-state index in [-0.39, 0.29) is 0 Å². The fourth-order valence-electron chi connectivity index (χ4n) is 1.53. The highest BCUT2D eigenvalue weighted by Crippen LogP contribution is 2.25. The molecule has 0 saturated heterocycles. The average molecular weight is 234 g/mol. The summed E-state index contributed by atoms with van der Waals surface area (Å²) < 4.78 is 1.89. The third-order valence-electron chi connectivity index (χ3n) is 2.30. The van der Waals surface area contributed by atoms with Gasteiger partial charge in [0.15, 0.2) is 0 Å². The molecule has 2 aromatic rings. The Morgan fingerprint density at radius 1 is 1.38 bits per heavy atom. The summed E-state index contributed by atoms with van der Waals surface area (Å²) in [5.74, 6) is 1.17. The number of benzene rings is 1. The summed E-state index contributed by atoms with van der Waals surface area (Å²) in [5.41, 5.74) is 2.22. The highest BCUT2D eigenvalue weighted by atomic mass is 32.2. The molecule has 0 bridgehead atoms. The van der Waals surface area contributed by atoms with E-state index in [1.54, 1.807) is 23.9 Å². The molecule has 1 aromatic carbocycles. The van der Waals surface area contributed by atoms with Crippen molar-refractivity contribution in [2.75, 3.05) is 0 Å². The van der Waals surface area contributed by atoms with Crippen LogP contribution in [-0.2, 0) is 12.8 Å². The molecule has 0 aliphatic heterocycles. The molecule has 1 heterocycles. The lowest BCUT2D eigenvalue weighted by Crippen LogP contribution is -1.96. The first-order valence-electron chi connectivity index (χ1n) is 5.06. The predicted molar refractivity (Wildman–Crippen MR) is 65.6 cm³/mol. The van der Waals surface area contributed by atoms with Crippen LogP contribution < -0.4 is 0 Å². The first-order chi connectivity index (χ1) is 7.65. The van der Waals surface area contributed by atoms with Gasteiger partial charge in [0, 0.05) is 23.4 Å². The molecule has 84 valence electrons. The second-order valence-corrected chi connectivity index (χ2v) is 4.74. The van der Waals surface area contributed by atoms with Gasteiger partial charge in [-0.3, -0.25) is 4.68 Å². The van der Waals surface area contributed by atoms with Crippen molar-refractivity contribution in [3.05, 3.63) is 41.7 Å². The summed E-state index contributed by atoms with van der Waals surface area (Å²) in [4.78, 5) is 1.07. The highest BCUT2D eigenvalue weighted by molar-refractivity contribution is 7.98. The van der Waals surface area contributed by atoms with Crippen molar-refractivity contribution in [1.29, 1.82) is 0 Å². The summed E-state index contributed by atoms with van der Waals surface area (Å²) in [7, 11) is 1.95. The van der Waals surface area contributed by atoms with Crippen molar-refractivity contribution >= 4 is 11.8 Å². The second-order valence-electron chi connectivity index (χ2n) is 3.69. The maximum atomic E-state index is 9.34. The van der Waals surface area contributed by atoms with Crippen LogP contribution in [0.15, 0.2) is 35.2 Å². The fraction of sp³-hybridized carbons (Fsp3) is 0.250. The molecule has 1 aromatic heterocycles. The fourth-order valence-corrected chi connectivity index (χ4v) is 2.49. The molecule has 0 aliphatic rings. The van der Waals surface area contributed by atoms with E-state index in [1.165, 1.54) is 5.69 Å². The van der Waals surface area contributed by atoms with Crippen molar-refractivity contribution in [1.82, 2.24) is 9.78 Å². The smallest absolute Gasteiger partial charge is 0.116 e. The minimum Gasteiger partial charge on any atom is -0.508 e. The Labute approximate surface area is 99.1 Å². The molecule has 0 saturated carbocycles. The van der Waals surface area contributed by atoms with E-state index in [0.717, 1.165) is 16.3 Å². The Hall–Kier alpha value is -1.42. The van der Waals surface area contributed by atoms with Gasteiger partial charge in [0.25, 0.3) is 0 Å². The van der Waals surface area contributed by atoms with Gasteiger partial charge >= 0.3 is 0 Å². The largest absolute Gasteiger partial charge is 0.508 e. The van der Waals surface area contributed by atoms with Crippen LogP contribution >= 0.6 is 11.8 Å². The maximum absolute atomic E-state index is 9.34. The van der Waals surface area contributed by atoms with Crippen LogP contribution in [0.25, 0.3) is 0 Å². The number of aromatic nitrogens is 2. The summed E-state index contributed by atoms with van der Waals surface area (Å²) in [5, 5.41) is 13.6. The molecule has 4 heteroatoms. The SMILES string of the molecule is Cc1cc(CSc2cccc(O)c2)n(C)n1. The van der Waals surface area contributed by atoms with Gasteiger partial charge in [-0.2, -0.15) is 5.10 Å². The van der Waals surface area contributed by atoms with Gasteiger partial charge < -0.3 is 5.11 Å². The number of nitrogens with zero attached hydrogens (tertiary/aromatic N) is 2. The van der Waals surface area contributed by atoms with Crippen molar-refractivity contribution < 1.29 is 5.11 Å². The minimum atomic E-state index is 0.311. The van der Waals surface area contributed by atoms with E-state index in [9.17, 15) is 5.11 Å². The van der Waals surface area contributed by atoms with Crippen molar-refractivity contribution in [2.45, 2.75) is 17.6 Å². The van der Waals surface area contributed by atoms with E-state index < -0.39 is 0 Å². The maximum Gasteiger partial charge on any atom is 0.116 e. The molecule has 16 heavy (non-hydrogen) atoms. The molecule has 0 fully saturated rings. The number of phenols is 1. The standard InChI is InChI=1S/C12H14N2OS/c1-9-6-10(14(2)13-9)8-16-12-5-3-4-11(15)7-12/h3-7,15H,8H2,1-2H3. The molecule has 0 atom stereocenters. The Morgan fingerprint density at radius 3 is 2.81 bits per heavy atom. The number of hydrogen-bond acceptors (Lipinski definition) is 3. The van der Waals surface area contributed by atoms with Gasteiger partial charge in [-0.25, -0.2) is 0 Å². The summed E-state index contributed by atoms with van der Waals surface area (Å²) in [6, 6.07) is 9.38. The van der Waals surface area contributed by atoms with E-state index in [0.29, 0.717) is 5.75 Å². The minimum absolute atomic E-state index is 0.311. The van der Waals surface area contributed by atoms with E-state index in [1.807, 2.05) is 30.8 Å². The number of hydrogen-bond donors (Lipinski definition) is 1. The van der Waals surface area contributed by atoms with Crippen LogP contribution in [0.5, 0.6) is 5.75 Å². The van der Waals surface area contributed by atoms with Crippen molar-refractivity contribution in [3.8, 4) is 5.75 Å². The van der Waals surface area contributed by atoms with Gasteiger partial charge in [0.05, 0.1) is 5.69 Å². The molecule has 3 nitrogen and oxygen atoms in total. The Balaban J connectivity index is 2.05. The molecule has 1 N–H and O–H groups in total. The van der Waals surface area contributed by atoms with Crippen LogP contribution in [-0.4, -0.2) is 14.9 Å². The first kappa shape index (κ1) is 11.1. The molecule has 0 aliphatic carbocycles. The number of phenolic OH excluding ortho intramolecular Hbond substituents is 1. The summed E-state index contributed by atoms with van der Waals surface area (Å²) in [6.45, 7) is 1.99. The van der Waals surface area contributed by atoms with E-state index in [2.05, 4.69) is 11.2 Å². The Morgan fingerprint density at radius 2 is 2.19 bits per heavy atom. The van der Waals surface area contributed by atoms with Gasteiger partial charge in [0.1, 0.15) is 5.75 Å². The average Bonchev–Trinajstić information content (AvgIpc) is 2.54. The van der Waals surface area contributed by atoms with Gasteiger partial charge in [-0.05, 0) is 31.2 Å². The third-order valence-corrected chi connectivity index (χ3v) is 3.33. The lowest BCUT2D eigenvalue weighted by molar-refractivity contribution is 0.474. The zero-order chi connectivity index (χ0) is 11.5. The van der Waals surface area contributed by atoms with Crippen LogP contribution in [0, 0.1) is 6.92 Å². The van der Waals surface area contributed by atoms with Crippen LogP contribution in [0.3, 0.4) is 0 Å². The molecule has 0 unspecified atom stereocenters. The molecule has 0 radical (unpaired) electrons. The summed E-state index contributed by atoms with van der Waals surface area (Å²) in [6.07, 6.45) is 0. The number of thioether (sulfide) groups is 1. The van der Waals surface area contributed by atoms with Gasteiger partial charge in [-0.15, -0.1) is 11.8 Å². The number of rotatable bonds is 3. The van der Waals surface area contributed by atoms with Gasteiger partial charge in [-0.1, -0.05) is 6.07 Å². The quantitative estimate of drug-likeness (QED) is 0.830. The first-order valence-corrected chi connectivity index (χ1v) is 6.05. The zero-order valence-electron chi connectivity index (χ0n) is 9.34. The predicted octanol–water partition coefficient (Wildman–Crippen LogP) is 2.73. The van der Waals surface area contributed by atoms with Crippen molar-refractivity contribution in [3.63, 3.8) is 0 Å². The van der Waals surface area contributed by atoms with Crippen LogP contribution in [0.4, 0.5) is 0 Å². The summed E-state index contributed by atoms with van der Waals surface area (Å²) >= 11 is 1.69. The van der Waals surface area contributed by atoms with Crippen molar-refractivity contribution in [2.24, 2.45) is 7.05 Å².